The molecule has 0 spiro atoms. The van der Waals surface area contributed by atoms with Gasteiger partial charge in [-0.25, -0.2) is 0 Å². The summed E-state index contributed by atoms with van der Waals surface area (Å²) in [6.45, 7) is 1.99. The highest BCUT2D eigenvalue weighted by molar-refractivity contribution is 5.80. The van der Waals surface area contributed by atoms with Gasteiger partial charge in [-0.2, -0.15) is 13.2 Å². The molecular weight excluding hydrogens is 385 g/mol. The van der Waals surface area contributed by atoms with Crippen molar-refractivity contribution in [2.24, 2.45) is 4.99 Å². The first-order chi connectivity index (χ1) is 13.9. The van der Waals surface area contributed by atoms with Gasteiger partial charge in [0.15, 0.2) is 5.96 Å². The van der Waals surface area contributed by atoms with Crippen molar-refractivity contribution < 1.29 is 22.7 Å². The van der Waals surface area contributed by atoms with E-state index in [2.05, 4.69) is 15.6 Å². The lowest BCUT2D eigenvalue weighted by molar-refractivity contribution is -0.137. The molecule has 9 heteroatoms. The summed E-state index contributed by atoms with van der Waals surface area (Å²) >= 11 is 0. The van der Waals surface area contributed by atoms with Crippen molar-refractivity contribution in [3.8, 4) is 0 Å². The van der Waals surface area contributed by atoms with Crippen molar-refractivity contribution in [2.45, 2.75) is 44.0 Å². The third-order valence-electron chi connectivity index (χ3n) is 4.97. The molecule has 2 aliphatic rings. The number of alkyl halides is 3. The second-order valence-corrected chi connectivity index (χ2v) is 7.35. The van der Waals surface area contributed by atoms with Crippen LogP contribution in [0.1, 0.15) is 42.9 Å². The molecule has 1 aromatic carbocycles. The lowest BCUT2D eigenvalue weighted by Gasteiger charge is -2.35. The quantitative estimate of drug-likeness (QED) is 0.428. The van der Waals surface area contributed by atoms with Gasteiger partial charge in [0.2, 0.25) is 5.91 Å². The average Bonchev–Trinajstić information content (AvgIpc) is 3.51. The number of hydrogen-bond acceptors (Lipinski definition) is 3. The van der Waals surface area contributed by atoms with E-state index in [1.807, 2.05) is 4.90 Å². The van der Waals surface area contributed by atoms with Crippen molar-refractivity contribution in [3.05, 3.63) is 35.4 Å². The Morgan fingerprint density at radius 2 is 2.14 bits per heavy atom. The molecule has 1 aliphatic carbocycles. The van der Waals surface area contributed by atoms with Crippen molar-refractivity contribution in [3.63, 3.8) is 0 Å². The summed E-state index contributed by atoms with van der Waals surface area (Å²) in [4.78, 5) is 18.0. The van der Waals surface area contributed by atoms with E-state index in [-0.39, 0.29) is 5.91 Å². The lowest BCUT2D eigenvalue weighted by atomic mass is 10.0. The normalized spacial score (nSPS) is 20.5. The van der Waals surface area contributed by atoms with Crippen LogP contribution >= 0.6 is 0 Å². The Bertz CT molecular complexity index is 735. The number of carbonyl (C=O) groups excluding carboxylic acids is 1. The van der Waals surface area contributed by atoms with E-state index in [1.54, 1.807) is 13.1 Å². The second kappa shape index (κ2) is 9.47. The third kappa shape index (κ3) is 6.35. The van der Waals surface area contributed by atoms with Gasteiger partial charge in [-0.1, -0.05) is 12.1 Å². The summed E-state index contributed by atoms with van der Waals surface area (Å²) in [6, 6.07) is 5.62. The highest BCUT2D eigenvalue weighted by Gasteiger charge is 2.32. The molecule has 160 valence electrons. The molecule has 2 fully saturated rings. The number of nitrogens with one attached hydrogen (secondary N) is 2. The highest BCUT2D eigenvalue weighted by Crippen LogP contribution is 2.32. The number of benzene rings is 1. The SMILES string of the molecule is CN=C(NCCCC(=O)NC1CC1)N1CCOC(c2cccc(C(F)(F)F)c2)C1. The topological polar surface area (TPSA) is 66.0 Å². The zero-order chi connectivity index (χ0) is 20.9. The van der Waals surface area contributed by atoms with E-state index in [4.69, 9.17) is 4.74 Å². The summed E-state index contributed by atoms with van der Waals surface area (Å²) in [6.07, 6.45) is -1.57. The Hall–Kier alpha value is -2.29. The Morgan fingerprint density at radius 1 is 1.34 bits per heavy atom. The highest BCUT2D eigenvalue weighted by atomic mass is 19.4. The predicted octanol–water partition coefficient (Wildman–Crippen LogP) is 2.71. The maximum Gasteiger partial charge on any atom is 0.416 e. The molecular formula is C20H27F3N4O2. The van der Waals surface area contributed by atoms with Gasteiger partial charge in [-0.3, -0.25) is 9.79 Å². The number of nitrogens with zero attached hydrogens (tertiary/aromatic N) is 2. The Kier molecular flexibility index (Phi) is 7.00. The van der Waals surface area contributed by atoms with Gasteiger partial charge in [0.05, 0.1) is 18.7 Å². The van der Waals surface area contributed by atoms with Gasteiger partial charge in [-0.15, -0.1) is 0 Å². The summed E-state index contributed by atoms with van der Waals surface area (Å²) in [5.41, 5.74) is -0.181. The predicted molar refractivity (Wildman–Crippen MR) is 103 cm³/mol. The van der Waals surface area contributed by atoms with Gasteiger partial charge < -0.3 is 20.3 Å². The molecule has 6 nitrogen and oxygen atoms in total. The fraction of sp³-hybridized carbons (Fsp3) is 0.600. The van der Waals surface area contributed by atoms with Crippen LogP contribution in [0, 0.1) is 0 Å². The summed E-state index contributed by atoms with van der Waals surface area (Å²) in [5, 5.41) is 6.19. The number of hydrogen-bond donors (Lipinski definition) is 2. The number of morpholine rings is 1. The molecule has 1 saturated carbocycles. The Morgan fingerprint density at radius 3 is 2.83 bits per heavy atom. The number of ether oxygens (including phenoxy) is 1. The van der Waals surface area contributed by atoms with Crippen LogP contribution in [-0.4, -0.2) is 56.1 Å². The van der Waals surface area contributed by atoms with Crippen LogP contribution in [0.2, 0.25) is 0 Å². The zero-order valence-electron chi connectivity index (χ0n) is 16.5. The van der Waals surface area contributed by atoms with E-state index in [9.17, 15) is 18.0 Å². The van der Waals surface area contributed by atoms with Gasteiger partial charge in [0, 0.05) is 32.6 Å². The van der Waals surface area contributed by atoms with Crippen molar-refractivity contribution in [2.75, 3.05) is 33.3 Å². The maximum absolute atomic E-state index is 13.0. The molecule has 1 saturated heterocycles. The standard InChI is InChI=1S/C20H27F3N4O2/c1-24-19(25-9-3-6-18(28)26-16-7-8-16)27-10-11-29-17(13-27)14-4-2-5-15(12-14)20(21,22)23/h2,4-5,12,16-17H,3,6-11,13H2,1H3,(H,24,25)(H,26,28). The van der Waals surface area contributed by atoms with E-state index >= 15 is 0 Å². The number of guanidine groups is 1. The molecule has 29 heavy (non-hydrogen) atoms. The second-order valence-electron chi connectivity index (χ2n) is 7.35. The van der Waals surface area contributed by atoms with Gasteiger partial charge in [0.1, 0.15) is 6.10 Å². The van der Waals surface area contributed by atoms with E-state index < -0.39 is 17.8 Å². The number of amides is 1. The number of rotatable bonds is 6. The van der Waals surface area contributed by atoms with Crippen LogP contribution in [0.5, 0.6) is 0 Å². The molecule has 1 aromatic rings. The van der Waals surface area contributed by atoms with Crippen LogP contribution in [0.3, 0.4) is 0 Å². The smallest absolute Gasteiger partial charge is 0.370 e. The van der Waals surface area contributed by atoms with E-state index in [0.29, 0.717) is 56.6 Å². The molecule has 1 heterocycles. The largest absolute Gasteiger partial charge is 0.416 e. The molecule has 0 radical (unpaired) electrons. The minimum Gasteiger partial charge on any atom is -0.370 e. The molecule has 1 atom stereocenters. The first-order valence-corrected chi connectivity index (χ1v) is 9.90. The Labute approximate surface area is 168 Å². The van der Waals surface area contributed by atoms with Crippen LogP contribution in [0.25, 0.3) is 0 Å². The summed E-state index contributed by atoms with van der Waals surface area (Å²) in [7, 11) is 1.66. The minimum atomic E-state index is -4.38. The van der Waals surface area contributed by atoms with Crippen LogP contribution in [-0.2, 0) is 15.7 Å². The van der Waals surface area contributed by atoms with Crippen LogP contribution in [0.4, 0.5) is 13.2 Å². The Balaban J connectivity index is 1.51. The zero-order valence-corrected chi connectivity index (χ0v) is 16.5. The molecule has 2 N–H and O–H groups in total. The maximum atomic E-state index is 13.0. The van der Waals surface area contributed by atoms with Crippen LogP contribution in [0.15, 0.2) is 29.3 Å². The number of halogens is 3. The van der Waals surface area contributed by atoms with E-state index in [0.717, 1.165) is 25.0 Å². The van der Waals surface area contributed by atoms with E-state index in [1.165, 1.54) is 6.07 Å². The van der Waals surface area contributed by atoms with Gasteiger partial charge in [0.25, 0.3) is 0 Å². The number of carbonyl (C=O) groups is 1. The molecule has 1 aliphatic heterocycles. The molecule has 0 bridgehead atoms. The monoisotopic (exact) mass is 412 g/mol. The minimum absolute atomic E-state index is 0.0697. The third-order valence-corrected chi connectivity index (χ3v) is 4.97. The van der Waals surface area contributed by atoms with Crippen molar-refractivity contribution in [1.29, 1.82) is 0 Å². The first kappa shape index (κ1) is 21.4. The fourth-order valence-electron chi connectivity index (χ4n) is 3.27. The summed E-state index contributed by atoms with van der Waals surface area (Å²) < 4.78 is 44.7. The van der Waals surface area contributed by atoms with Crippen molar-refractivity contribution >= 4 is 11.9 Å². The molecule has 3 rings (SSSR count). The first-order valence-electron chi connectivity index (χ1n) is 9.90. The fourth-order valence-corrected chi connectivity index (χ4v) is 3.27. The molecule has 1 unspecified atom stereocenters. The van der Waals surface area contributed by atoms with Gasteiger partial charge in [-0.05, 0) is 37.0 Å². The van der Waals surface area contributed by atoms with Crippen molar-refractivity contribution in [1.82, 2.24) is 15.5 Å². The van der Waals surface area contributed by atoms with Gasteiger partial charge >= 0.3 is 6.18 Å². The van der Waals surface area contributed by atoms with Crippen LogP contribution < -0.4 is 10.6 Å². The number of aliphatic imine (C=N–C) groups is 1. The summed E-state index contributed by atoms with van der Waals surface area (Å²) in [5.74, 6) is 0.730. The molecule has 1 amide bonds. The molecule has 0 aromatic heterocycles. The average molecular weight is 412 g/mol. The lowest BCUT2D eigenvalue weighted by Crippen LogP contribution is -2.48.